The van der Waals surface area contributed by atoms with E-state index in [0.717, 1.165) is 29.8 Å². The Balaban J connectivity index is 1.96. The van der Waals surface area contributed by atoms with Crippen molar-refractivity contribution in [1.29, 1.82) is 0 Å². The number of carboxylic acids is 1. The van der Waals surface area contributed by atoms with Crippen molar-refractivity contribution in [2.24, 2.45) is 11.8 Å². The number of fused-ring (bicyclic) bond motifs is 1. The Morgan fingerprint density at radius 1 is 1.47 bits per heavy atom. The third-order valence-corrected chi connectivity index (χ3v) is 3.64. The lowest BCUT2D eigenvalue weighted by atomic mass is 9.90. The van der Waals surface area contributed by atoms with E-state index in [-0.39, 0.29) is 5.92 Å². The lowest BCUT2D eigenvalue weighted by molar-refractivity contribution is -0.142. The first-order chi connectivity index (χ1) is 9.15. The van der Waals surface area contributed by atoms with Gasteiger partial charge in [-0.15, -0.1) is 0 Å². The van der Waals surface area contributed by atoms with Gasteiger partial charge in [-0.1, -0.05) is 6.92 Å². The standard InChI is InChI=1S/C13H16N4O2/c1-8-4-9(13(18)19)6-17(5-8)12-10-2-3-14-11(10)15-7-16-12/h2-3,7-9H,4-6H2,1H3,(H,18,19)(H,14,15,16). The van der Waals surface area contributed by atoms with Crippen molar-refractivity contribution >= 4 is 22.8 Å². The maximum Gasteiger partial charge on any atom is 0.308 e. The first kappa shape index (κ1) is 12.0. The summed E-state index contributed by atoms with van der Waals surface area (Å²) in [6.45, 7) is 3.43. The van der Waals surface area contributed by atoms with Gasteiger partial charge in [0.15, 0.2) is 0 Å². The summed E-state index contributed by atoms with van der Waals surface area (Å²) < 4.78 is 0. The molecule has 0 amide bonds. The Kier molecular flexibility index (Phi) is 2.85. The van der Waals surface area contributed by atoms with Gasteiger partial charge >= 0.3 is 5.97 Å². The van der Waals surface area contributed by atoms with Crippen LogP contribution in [0.2, 0.25) is 0 Å². The number of rotatable bonds is 2. The Morgan fingerprint density at radius 3 is 3.11 bits per heavy atom. The van der Waals surface area contributed by atoms with Gasteiger partial charge in [-0.3, -0.25) is 4.79 Å². The summed E-state index contributed by atoms with van der Waals surface area (Å²) in [7, 11) is 0. The molecule has 0 aliphatic carbocycles. The second-order valence-corrected chi connectivity index (χ2v) is 5.22. The fourth-order valence-corrected chi connectivity index (χ4v) is 2.81. The number of nitrogens with zero attached hydrogens (tertiary/aromatic N) is 3. The number of aromatic nitrogens is 3. The largest absolute Gasteiger partial charge is 0.481 e. The number of aliphatic carboxylic acids is 1. The molecule has 3 rings (SSSR count). The summed E-state index contributed by atoms with van der Waals surface area (Å²) >= 11 is 0. The zero-order valence-corrected chi connectivity index (χ0v) is 10.7. The highest BCUT2D eigenvalue weighted by Crippen LogP contribution is 2.29. The normalized spacial score (nSPS) is 23.7. The summed E-state index contributed by atoms with van der Waals surface area (Å²) in [6.07, 6.45) is 4.07. The van der Waals surface area contributed by atoms with Gasteiger partial charge in [0.1, 0.15) is 17.8 Å². The minimum atomic E-state index is -0.726. The van der Waals surface area contributed by atoms with Crippen LogP contribution in [0.5, 0.6) is 0 Å². The molecule has 2 N–H and O–H groups in total. The van der Waals surface area contributed by atoms with Crippen LogP contribution in [0.1, 0.15) is 13.3 Å². The highest BCUT2D eigenvalue weighted by Gasteiger charge is 2.30. The molecule has 100 valence electrons. The van der Waals surface area contributed by atoms with E-state index in [4.69, 9.17) is 0 Å². The van der Waals surface area contributed by atoms with E-state index < -0.39 is 5.97 Å². The Hall–Kier alpha value is -2.11. The number of piperidine rings is 1. The molecule has 2 unspecified atom stereocenters. The van der Waals surface area contributed by atoms with Gasteiger partial charge in [-0.05, 0) is 18.4 Å². The van der Waals surface area contributed by atoms with Crippen molar-refractivity contribution < 1.29 is 9.90 Å². The molecule has 6 heteroatoms. The molecule has 3 heterocycles. The number of nitrogens with one attached hydrogen (secondary N) is 1. The number of hydrogen-bond acceptors (Lipinski definition) is 4. The van der Waals surface area contributed by atoms with Gasteiger partial charge in [-0.25, -0.2) is 9.97 Å². The molecule has 6 nitrogen and oxygen atoms in total. The molecule has 1 fully saturated rings. The Bertz CT molecular complexity index is 609. The average Bonchev–Trinajstić information content (AvgIpc) is 2.85. The molecule has 2 aromatic heterocycles. The first-order valence-electron chi connectivity index (χ1n) is 6.41. The predicted molar refractivity (Wildman–Crippen MR) is 71.0 cm³/mol. The van der Waals surface area contributed by atoms with E-state index in [1.807, 2.05) is 12.3 Å². The van der Waals surface area contributed by atoms with Crippen LogP contribution >= 0.6 is 0 Å². The summed E-state index contributed by atoms with van der Waals surface area (Å²) in [5.41, 5.74) is 0.787. The smallest absolute Gasteiger partial charge is 0.308 e. The Morgan fingerprint density at radius 2 is 2.32 bits per heavy atom. The minimum absolute atomic E-state index is 0.326. The molecule has 1 aliphatic rings. The number of hydrogen-bond donors (Lipinski definition) is 2. The van der Waals surface area contributed by atoms with Crippen molar-refractivity contribution in [1.82, 2.24) is 15.0 Å². The van der Waals surface area contributed by atoms with E-state index in [0.29, 0.717) is 12.5 Å². The highest BCUT2D eigenvalue weighted by atomic mass is 16.4. The van der Waals surface area contributed by atoms with E-state index in [2.05, 4.69) is 26.8 Å². The van der Waals surface area contributed by atoms with Crippen LogP contribution in [-0.4, -0.2) is 39.1 Å². The van der Waals surface area contributed by atoms with E-state index in [1.165, 1.54) is 6.33 Å². The number of carboxylic acid groups (broad SMARTS) is 1. The van der Waals surface area contributed by atoms with Crippen LogP contribution in [-0.2, 0) is 4.79 Å². The molecule has 1 aliphatic heterocycles. The maximum atomic E-state index is 11.2. The van der Waals surface area contributed by atoms with Crippen molar-refractivity contribution in [3.63, 3.8) is 0 Å². The summed E-state index contributed by atoms with van der Waals surface area (Å²) in [5, 5.41) is 10.2. The number of aromatic amines is 1. The summed E-state index contributed by atoms with van der Waals surface area (Å²) in [4.78, 5) is 24.8. The molecule has 2 aromatic rings. The van der Waals surface area contributed by atoms with E-state index in [9.17, 15) is 9.90 Å². The summed E-state index contributed by atoms with van der Waals surface area (Å²) in [5.74, 6) is 0.117. The van der Waals surface area contributed by atoms with Crippen LogP contribution in [0.3, 0.4) is 0 Å². The first-order valence-corrected chi connectivity index (χ1v) is 6.41. The quantitative estimate of drug-likeness (QED) is 0.855. The van der Waals surface area contributed by atoms with Crippen molar-refractivity contribution in [2.75, 3.05) is 18.0 Å². The molecule has 0 radical (unpaired) electrons. The second-order valence-electron chi connectivity index (χ2n) is 5.22. The molecule has 0 spiro atoms. The van der Waals surface area contributed by atoms with E-state index >= 15 is 0 Å². The SMILES string of the molecule is CC1CC(C(=O)O)CN(c2ncnc3[nH]ccc23)C1. The number of H-pyrrole nitrogens is 1. The topological polar surface area (TPSA) is 82.1 Å². The average molecular weight is 260 g/mol. The zero-order valence-electron chi connectivity index (χ0n) is 10.7. The van der Waals surface area contributed by atoms with Crippen LogP contribution in [0.15, 0.2) is 18.6 Å². The van der Waals surface area contributed by atoms with Crippen LogP contribution < -0.4 is 4.90 Å². The fraction of sp³-hybridized carbons (Fsp3) is 0.462. The van der Waals surface area contributed by atoms with Crippen molar-refractivity contribution in [3.8, 4) is 0 Å². The third-order valence-electron chi connectivity index (χ3n) is 3.64. The van der Waals surface area contributed by atoms with E-state index in [1.54, 1.807) is 0 Å². The van der Waals surface area contributed by atoms with Crippen LogP contribution in [0.4, 0.5) is 5.82 Å². The lowest BCUT2D eigenvalue weighted by Crippen LogP contribution is -2.43. The van der Waals surface area contributed by atoms with Gasteiger partial charge in [0.05, 0.1) is 11.3 Å². The molecule has 1 saturated heterocycles. The molecular formula is C13H16N4O2. The molecular weight excluding hydrogens is 244 g/mol. The molecule has 0 bridgehead atoms. The van der Waals surface area contributed by atoms with Gasteiger partial charge < -0.3 is 15.0 Å². The number of carbonyl (C=O) groups is 1. The van der Waals surface area contributed by atoms with Gasteiger partial charge in [0.25, 0.3) is 0 Å². The second kappa shape index (κ2) is 4.53. The summed E-state index contributed by atoms with van der Waals surface area (Å²) in [6, 6.07) is 1.93. The van der Waals surface area contributed by atoms with Crippen molar-refractivity contribution in [3.05, 3.63) is 18.6 Å². The zero-order chi connectivity index (χ0) is 13.4. The maximum absolute atomic E-state index is 11.2. The minimum Gasteiger partial charge on any atom is -0.481 e. The predicted octanol–water partition coefficient (Wildman–Crippen LogP) is 1.50. The van der Waals surface area contributed by atoms with Gasteiger partial charge in [0, 0.05) is 19.3 Å². The van der Waals surface area contributed by atoms with Gasteiger partial charge in [0.2, 0.25) is 0 Å². The monoisotopic (exact) mass is 260 g/mol. The number of anilines is 1. The fourth-order valence-electron chi connectivity index (χ4n) is 2.81. The molecule has 0 aromatic carbocycles. The van der Waals surface area contributed by atoms with Crippen LogP contribution in [0, 0.1) is 11.8 Å². The Labute approximate surface area is 110 Å². The van der Waals surface area contributed by atoms with Crippen molar-refractivity contribution in [2.45, 2.75) is 13.3 Å². The highest BCUT2D eigenvalue weighted by molar-refractivity contribution is 5.87. The molecule has 0 saturated carbocycles. The molecule has 19 heavy (non-hydrogen) atoms. The third kappa shape index (κ3) is 2.14. The molecule has 2 atom stereocenters. The van der Waals surface area contributed by atoms with Crippen LogP contribution in [0.25, 0.3) is 11.0 Å². The lowest BCUT2D eigenvalue weighted by Gasteiger charge is -2.35. The van der Waals surface area contributed by atoms with Gasteiger partial charge in [-0.2, -0.15) is 0 Å².